The standard InChI is InChI=1S/C19H16BrN3O2/c1-12-10-15(8-9-17(12)20)23-19(25)16(13(2)22-23)11-21-18(24)14-6-4-3-5-7-14/h3-11,22H,1-2H3. The van der Waals surface area contributed by atoms with Crippen LogP contribution in [0.15, 0.2) is 62.8 Å². The highest BCUT2D eigenvalue weighted by molar-refractivity contribution is 9.10. The minimum absolute atomic E-state index is 0.246. The summed E-state index contributed by atoms with van der Waals surface area (Å²) >= 11 is 3.45. The summed E-state index contributed by atoms with van der Waals surface area (Å²) in [5.41, 5.74) is 2.99. The fourth-order valence-electron chi connectivity index (χ4n) is 2.44. The Labute approximate surface area is 153 Å². The summed E-state index contributed by atoms with van der Waals surface area (Å²) in [6.45, 7) is 3.73. The average molecular weight is 398 g/mol. The second-order valence-electron chi connectivity index (χ2n) is 5.65. The molecule has 1 aromatic heterocycles. The summed E-state index contributed by atoms with van der Waals surface area (Å²) in [7, 11) is 0. The number of benzene rings is 2. The highest BCUT2D eigenvalue weighted by Gasteiger charge is 2.12. The average Bonchev–Trinajstić information content (AvgIpc) is 2.90. The van der Waals surface area contributed by atoms with Gasteiger partial charge in [0.25, 0.3) is 11.5 Å². The Morgan fingerprint density at radius 3 is 2.56 bits per heavy atom. The van der Waals surface area contributed by atoms with Crippen molar-refractivity contribution in [3.63, 3.8) is 0 Å². The molecule has 1 N–H and O–H groups in total. The minimum atomic E-state index is -0.383. The molecule has 1 heterocycles. The third-order valence-electron chi connectivity index (χ3n) is 3.85. The van der Waals surface area contributed by atoms with E-state index in [0.717, 1.165) is 15.7 Å². The molecule has 3 aromatic rings. The van der Waals surface area contributed by atoms with Crippen LogP contribution < -0.4 is 5.56 Å². The van der Waals surface area contributed by atoms with Gasteiger partial charge in [0.05, 0.1) is 11.3 Å². The van der Waals surface area contributed by atoms with Gasteiger partial charge in [0.1, 0.15) is 0 Å². The molecule has 3 rings (SSSR count). The fourth-order valence-corrected chi connectivity index (χ4v) is 2.69. The quantitative estimate of drug-likeness (QED) is 0.682. The lowest BCUT2D eigenvalue weighted by atomic mass is 10.2. The molecular formula is C19H16BrN3O2. The molecule has 0 radical (unpaired) electrons. The highest BCUT2D eigenvalue weighted by Crippen LogP contribution is 2.18. The number of hydrogen-bond acceptors (Lipinski definition) is 2. The van der Waals surface area contributed by atoms with Crippen LogP contribution in [0, 0.1) is 13.8 Å². The Hall–Kier alpha value is -2.73. The number of rotatable bonds is 3. The van der Waals surface area contributed by atoms with Crippen LogP contribution in [-0.2, 0) is 0 Å². The molecule has 5 nitrogen and oxygen atoms in total. The molecule has 0 aliphatic rings. The number of aromatic amines is 1. The number of aromatic nitrogens is 2. The summed E-state index contributed by atoms with van der Waals surface area (Å²) in [6.07, 6.45) is 1.33. The van der Waals surface area contributed by atoms with E-state index in [2.05, 4.69) is 26.0 Å². The highest BCUT2D eigenvalue weighted by atomic mass is 79.9. The molecule has 0 atom stereocenters. The molecule has 2 aromatic carbocycles. The molecule has 0 aliphatic carbocycles. The number of amides is 1. The summed E-state index contributed by atoms with van der Waals surface area (Å²) in [4.78, 5) is 28.7. The minimum Gasteiger partial charge on any atom is -0.295 e. The van der Waals surface area contributed by atoms with Crippen molar-refractivity contribution in [2.24, 2.45) is 4.99 Å². The summed E-state index contributed by atoms with van der Waals surface area (Å²) in [6, 6.07) is 14.4. The maximum absolute atomic E-state index is 12.7. The number of carbonyl (C=O) groups is 1. The van der Waals surface area contributed by atoms with Crippen molar-refractivity contribution in [3.8, 4) is 5.69 Å². The Morgan fingerprint density at radius 1 is 1.16 bits per heavy atom. The predicted molar refractivity (Wildman–Crippen MR) is 102 cm³/mol. The van der Waals surface area contributed by atoms with Crippen LogP contribution in [0.1, 0.15) is 27.2 Å². The maximum atomic E-state index is 12.7. The van der Waals surface area contributed by atoms with E-state index in [1.807, 2.05) is 31.2 Å². The van der Waals surface area contributed by atoms with Gasteiger partial charge in [-0.15, -0.1) is 0 Å². The number of nitrogens with zero attached hydrogens (tertiary/aromatic N) is 2. The van der Waals surface area contributed by atoms with Gasteiger partial charge in [-0.25, -0.2) is 9.67 Å². The van der Waals surface area contributed by atoms with Crippen LogP contribution in [0.3, 0.4) is 0 Å². The van der Waals surface area contributed by atoms with Gasteiger partial charge in [-0.05, 0) is 49.7 Å². The molecule has 6 heteroatoms. The number of nitrogens with one attached hydrogen (secondary N) is 1. The van der Waals surface area contributed by atoms with E-state index in [1.54, 1.807) is 31.2 Å². The van der Waals surface area contributed by atoms with Gasteiger partial charge in [0, 0.05) is 21.9 Å². The van der Waals surface area contributed by atoms with Gasteiger partial charge < -0.3 is 0 Å². The van der Waals surface area contributed by atoms with E-state index < -0.39 is 0 Å². The zero-order valence-electron chi connectivity index (χ0n) is 13.8. The number of aliphatic imine (C=N–C) groups is 1. The number of halogens is 1. The molecule has 0 unspecified atom stereocenters. The smallest absolute Gasteiger partial charge is 0.280 e. The SMILES string of the molecule is Cc1cc(-n2[nH]c(C)c(C=NC(=O)c3ccccc3)c2=O)ccc1Br. The molecular weight excluding hydrogens is 382 g/mol. The van der Waals surface area contributed by atoms with E-state index >= 15 is 0 Å². The molecule has 0 bridgehead atoms. The topological polar surface area (TPSA) is 67.2 Å². The summed E-state index contributed by atoms with van der Waals surface area (Å²) in [5.74, 6) is -0.383. The largest absolute Gasteiger partial charge is 0.295 e. The summed E-state index contributed by atoms with van der Waals surface area (Å²) in [5, 5.41) is 3.03. The van der Waals surface area contributed by atoms with Crippen LogP contribution in [-0.4, -0.2) is 21.9 Å². The van der Waals surface area contributed by atoms with Crippen LogP contribution in [0.2, 0.25) is 0 Å². The lowest BCUT2D eigenvalue weighted by Crippen LogP contribution is -2.17. The molecule has 0 aliphatic heterocycles. The third-order valence-corrected chi connectivity index (χ3v) is 4.74. The zero-order chi connectivity index (χ0) is 18.0. The van der Waals surface area contributed by atoms with Gasteiger partial charge in [0.2, 0.25) is 0 Å². The Morgan fingerprint density at radius 2 is 1.88 bits per heavy atom. The van der Waals surface area contributed by atoms with Gasteiger partial charge in [-0.3, -0.25) is 14.7 Å². The first kappa shape index (κ1) is 17.1. The van der Waals surface area contributed by atoms with Crippen molar-refractivity contribution in [2.75, 3.05) is 0 Å². The molecule has 126 valence electrons. The number of aryl methyl sites for hydroxylation is 2. The zero-order valence-corrected chi connectivity index (χ0v) is 15.4. The van der Waals surface area contributed by atoms with Crippen molar-refractivity contribution < 1.29 is 4.79 Å². The number of carbonyl (C=O) groups excluding carboxylic acids is 1. The van der Waals surface area contributed by atoms with Crippen molar-refractivity contribution in [3.05, 3.63) is 85.7 Å². The second-order valence-corrected chi connectivity index (χ2v) is 6.51. The van der Waals surface area contributed by atoms with Crippen molar-refractivity contribution in [2.45, 2.75) is 13.8 Å². The normalized spacial score (nSPS) is 11.2. The summed E-state index contributed by atoms with van der Waals surface area (Å²) < 4.78 is 2.42. The number of hydrogen-bond donors (Lipinski definition) is 1. The van der Waals surface area contributed by atoms with E-state index in [4.69, 9.17) is 0 Å². The van der Waals surface area contributed by atoms with Crippen LogP contribution in [0.5, 0.6) is 0 Å². The van der Waals surface area contributed by atoms with Crippen LogP contribution in [0.4, 0.5) is 0 Å². The van der Waals surface area contributed by atoms with Gasteiger partial charge in [-0.1, -0.05) is 34.1 Å². The van der Waals surface area contributed by atoms with E-state index in [9.17, 15) is 9.59 Å². The Balaban J connectivity index is 1.95. The van der Waals surface area contributed by atoms with Crippen LogP contribution >= 0.6 is 15.9 Å². The first-order valence-corrected chi connectivity index (χ1v) is 8.48. The molecule has 1 amide bonds. The van der Waals surface area contributed by atoms with Crippen molar-refractivity contribution >= 4 is 28.1 Å². The second kappa shape index (κ2) is 7.03. The van der Waals surface area contributed by atoms with E-state index in [-0.39, 0.29) is 11.5 Å². The first-order valence-electron chi connectivity index (χ1n) is 7.69. The third kappa shape index (κ3) is 3.53. The lowest BCUT2D eigenvalue weighted by Gasteiger charge is -2.04. The number of H-pyrrole nitrogens is 1. The van der Waals surface area contributed by atoms with Gasteiger partial charge in [-0.2, -0.15) is 0 Å². The van der Waals surface area contributed by atoms with Crippen molar-refractivity contribution in [1.29, 1.82) is 0 Å². The van der Waals surface area contributed by atoms with Gasteiger partial charge in [0.15, 0.2) is 0 Å². The monoisotopic (exact) mass is 397 g/mol. The Kier molecular flexibility index (Phi) is 4.81. The maximum Gasteiger partial charge on any atom is 0.280 e. The molecule has 25 heavy (non-hydrogen) atoms. The first-order chi connectivity index (χ1) is 12.0. The molecule has 0 spiro atoms. The lowest BCUT2D eigenvalue weighted by molar-refractivity contribution is 0.100. The molecule has 0 saturated carbocycles. The molecule has 0 saturated heterocycles. The van der Waals surface area contributed by atoms with Gasteiger partial charge >= 0.3 is 0 Å². The molecule has 0 fully saturated rings. The predicted octanol–water partition coefficient (Wildman–Crippen LogP) is 3.80. The fraction of sp³-hybridized carbons (Fsp3) is 0.105. The Bertz CT molecular complexity index is 1020. The van der Waals surface area contributed by atoms with Crippen LogP contribution in [0.25, 0.3) is 5.69 Å². The van der Waals surface area contributed by atoms with Crippen molar-refractivity contribution in [1.82, 2.24) is 9.78 Å². The van der Waals surface area contributed by atoms with E-state index in [1.165, 1.54) is 10.9 Å². The van der Waals surface area contributed by atoms with E-state index in [0.29, 0.717) is 16.8 Å².